The van der Waals surface area contributed by atoms with Gasteiger partial charge in [-0.2, -0.15) is 0 Å². The van der Waals surface area contributed by atoms with Crippen LogP contribution in [0.1, 0.15) is 166 Å². The summed E-state index contributed by atoms with van der Waals surface area (Å²) in [6, 6.07) is -0.741. The Labute approximate surface area is 337 Å². The van der Waals surface area contributed by atoms with Crippen LogP contribution in [0, 0.1) is 46.3 Å². The van der Waals surface area contributed by atoms with Gasteiger partial charge in [0.15, 0.2) is 0 Å². The Morgan fingerprint density at radius 1 is 0.830 bits per heavy atom. The summed E-state index contributed by atoms with van der Waals surface area (Å²) in [5.41, 5.74) is 0.741. The van der Waals surface area contributed by atoms with Crippen molar-refractivity contribution >= 4 is 40.5 Å². The largest absolute Gasteiger partial charge is 0.461 e. The summed E-state index contributed by atoms with van der Waals surface area (Å²) >= 11 is 2.35. The summed E-state index contributed by atoms with van der Waals surface area (Å²) in [4.78, 5) is 42.1. The molecule has 0 bridgehead atoms. The third kappa shape index (κ3) is 11.7. The molecule has 7 nitrogen and oxygen atoms in total. The molecular weight excluding hydrogens is 777 g/mol. The fourth-order valence-electron chi connectivity index (χ4n) is 11.2. The van der Waals surface area contributed by atoms with Gasteiger partial charge < -0.3 is 14.2 Å². The molecule has 0 spiro atoms. The molecule has 0 amide bonds. The second-order valence-electron chi connectivity index (χ2n) is 20.4. The number of unbranched alkanes of at least 4 members (excludes halogenated alkanes) is 1. The summed E-state index contributed by atoms with van der Waals surface area (Å²) < 4.78 is 18.7. The number of allylic oxidation sites excluding steroid dienone is 1. The van der Waals surface area contributed by atoms with Gasteiger partial charge in [-0.3, -0.25) is 19.3 Å². The minimum Gasteiger partial charge on any atom is -0.461 e. The lowest BCUT2D eigenvalue weighted by Gasteiger charge is -2.58. The van der Waals surface area contributed by atoms with E-state index in [0.29, 0.717) is 17.8 Å². The quantitative estimate of drug-likeness (QED) is 0.0382. The highest BCUT2D eigenvalue weighted by atomic mass is 127. The molecule has 8 heteroatoms. The van der Waals surface area contributed by atoms with Crippen LogP contribution < -0.4 is 0 Å². The monoisotopic (exact) mass is 853 g/mol. The Hall–Kier alpha value is -1.16. The number of ether oxygens (including phenoxy) is 3. The van der Waals surface area contributed by atoms with Crippen molar-refractivity contribution in [1.82, 2.24) is 4.90 Å². The van der Waals surface area contributed by atoms with Gasteiger partial charge in [0.25, 0.3) is 0 Å². The van der Waals surface area contributed by atoms with E-state index in [1.807, 2.05) is 41.5 Å². The van der Waals surface area contributed by atoms with Crippen molar-refractivity contribution in [2.75, 3.05) is 17.5 Å². The number of hydrogen-bond donors (Lipinski definition) is 0. The van der Waals surface area contributed by atoms with E-state index >= 15 is 0 Å². The van der Waals surface area contributed by atoms with Gasteiger partial charge in [0.1, 0.15) is 23.3 Å². The molecule has 0 aliphatic heterocycles. The molecule has 9 atom stereocenters. The van der Waals surface area contributed by atoms with E-state index in [1.54, 1.807) is 4.90 Å². The fraction of sp³-hybridized carbons (Fsp3) is 0.889. The van der Waals surface area contributed by atoms with Crippen LogP contribution in [0.15, 0.2) is 11.6 Å². The Kier molecular flexibility index (Phi) is 15.5. The van der Waals surface area contributed by atoms with E-state index in [9.17, 15) is 14.4 Å². The molecule has 3 saturated carbocycles. The number of nitrogens with zero attached hydrogens (tertiary/aromatic N) is 1. The van der Waals surface area contributed by atoms with E-state index in [0.717, 1.165) is 72.5 Å². The number of esters is 3. The Balaban J connectivity index is 1.47. The molecule has 0 aromatic carbocycles. The van der Waals surface area contributed by atoms with Crippen molar-refractivity contribution in [3.63, 3.8) is 0 Å². The van der Waals surface area contributed by atoms with Gasteiger partial charge in [0, 0.05) is 6.42 Å². The van der Waals surface area contributed by atoms with Crippen molar-refractivity contribution in [3.8, 4) is 0 Å². The average molecular weight is 854 g/mol. The zero-order valence-electron chi connectivity index (χ0n) is 35.5. The van der Waals surface area contributed by atoms with Crippen molar-refractivity contribution < 1.29 is 28.6 Å². The van der Waals surface area contributed by atoms with Gasteiger partial charge in [-0.05, 0) is 150 Å². The lowest BCUT2D eigenvalue weighted by Crippen LogP contribution is -2.52. The second kappa shape index (κ2) is 18.4. The summed E-state index contributed by atoms with van der Waals surface area (Å²) in [7, 11) is 0. The van der Waals surface area contributed by atoms with E-state index < -0.39 is 29.2 Å². The zero-order chi connectivity index (χ0) is 39.4. The van der Waals surface area contributed by atoms with E-state index in [1.165, 1.54) is 50.5 Å². The predicted octanol–water partition coefficient (Wildman–Crippen LogP) is 10.9. The molecular formula is C45H76INO6. The molecule has 3 unspecified atom stereocenters. The third-order valence-electron chi connectivity index (χ3n) is 13.6. The molecule has 0 aromatic heterocycles. The maximum atomic E-state index is 14.2. The molecule has 0 aromatic rings. The van der Waals surface area contributed by atoms with Gasteiger partial charge in [0.2, 0.25) is 0 Å². The van der Waals surface area contributed by atoms with Gasteiger partial charge in [-0.1, -0.05) is 94.5 Å². The van der Waals surface area contributed by atoms with E-state index in [-0.39, 0.29) is 30.6 Å². The van der Waals surface area contributed by atoms with Crippen LogP contribution in [0.5, 0.6) is 0 Å². The summed E-state index contributed by atoms with van der Waals surface area (Å²) in [5.74, 6) is 3.44. The predicted molar refractivity (Wildman–Crippen MR) is 223 cm³/mol. The molecule has 4 aliphatic carbocycles. The number of alkyl halides is 1. The normalized spacial score (nSPS) is 31.2. The van der Waals surface area contributed by atoms with Crippen LogP contribution in [0.25, 0.3) is 0 Å². The minimum absolute atomic E-state index is 0.160. The van der Waals surface area contributed by atoms with Crippen LogP contribution >= 0.6 is 22.6 Å². The van der Waals surface area contributed by atoms with Crippen LogP contribution in [0.4, 0.5) is 0 Å². The fourth-order valence-corrected chi connectivity index (χ4v) is 11.8. The first-order valence-electron chi connectivity index (χ1n) is 21.3. The summed E-state index contributed by atoms with van der Waals surface area (Å²) in [6.07, 6.45) is 17.9. The van der Waals surface area contributed by atoms with Crippen molar-refractivity contribution in [1.29, 1.82) is 0 Å². The highest BCUT2D eigenvalue weighted by Gasteiger charge is 2.59. The second-order valence-corrected chi connectivity index (χ2v) is 21.4. The highest BCUT2D eigenvalue weighted by molar-refractivity contribution is 14.1. The topological polar surface area (TPSA) is 82.1 Å². The number of halogens is 1. The van der Waals surface area contributed by atoms with Crippen molar-refractivity contribution in [3.05, 3.63) is 11.6 Å². The number of carbonyl (C=O) groups is 3. The van der Waals surface area contributed by atoms with Crippen LogP contribution in [0.2, 0.25) is 0 Å². The average Bonchev–Trinajstić information content (AvgIpc) is 3.38. The van der Waals surface area contributed by atoms with Crippen molar-refractivity contribution in [2.24, 2.45) is 46.3 Å². The first-order valence-corrected chi connectivity index (χ1v) is 22.8. The summed E-state index contributed by atoms with van der Waals surface area (Å²) in [5, 5.41) is 0. The maximum Gasteiger partial charge on any atom is 0.323 e. The molecule has 4 rings (SSSR count). The molecule has 0 saturated heterocycles. The van der Waals surface area contributed by atoms with Gasteiger partial charge in [0.05, 0.1) is 13.1 Å². The lowest BCUT2D eigenvalue weighted by atomic mass is 9.47. The zero-order valence-corrected chi connectivity index (χ0v) is 37.6. The van der Waals surface area contributed by atoms with Crippen LogP contribution in [0.3, 0.4) is 0 Å². The molecule has 4 aliphatic rings. The SMILES string of the molecule is CC(C)CCC[C@@H](C)[C@H]1CCC2C3CC=C4C[C@@H](OC(=O)[C@H](CCCCI)N(CC(=O)OC(C)(C)C)CC(=O)OC(C)(C)C)CC[C@]4(C)C3CC[C@@]21C. The highest BCUT2D eigenvalue weighted by Crippen LogP contribution is 2.67. The maximum absolute atomic E-state index is 14.2. The summed E-state index contributed by atoms with van der Waals surface area (Å²) in [6.45, 7) is 23.0. The lowest BCUT2D eigenvalue weighted by molar-refractivity contribution is -0.166. The Bertz CT molecular complexity index is 1250. The Morgan fingerprint density at radius 2 is 1.47 bits per heavy atom. The number of rotatable bonds is 16. The smallest absolute Gasteiger partial charge is 0.323 e. The number of hydrogen-bond acceptors (Lipinski definition) is 7. The van der Waals surface area contributed by atoms with Crippen LogP contribution in [-0.2, 0) is 28.6 Å². The van der Waals surface area contributed by atoms with Gasteiger partial charge in [-0.15, -0.1) is 0 Å². The minimum atomic E-state index is -0.741. The van der Waals surface area contributed by atoms with Gasteiger partial charge in [-0.25, -0.2) is 0 Å². The Morgan fingerprint density at radius 3 is 2.06 bits per heavy atom. The van der Waals surface area contributed by atoms with E-state index in [2.05, 4.69) is 63.3 Å². The van der Waals surface area contributed by atoms with Crippen LogP contribution in [-0.4, -0.2) is 63.7 Å². The molecule has 0 heterocycles. The standard InChI is InChI=1S/C45H76INO6/c1-30(2)15-14-16-31(3)35-20-21-36-34-19-18-32-27-33(22-24-44(32,10)37(34)23-25-45(35,36)11)51-41(50)38(17-12-13-26-46)47(28-39(48)52-42(4,5)6)29-40(49)53-43(7,8)9/h18,30-31,33-38H,12-17,19-29H2,1-11H3/t31-,33+,34?,35-,36?,37?,38+,44+,45-/m1/s1. The number of fused-ring (bicyclic) bond motifs is 5. The first-order chi connectivity index (χ1) is 24.7. The van der Waals surface area contributed by atoms with Gasteiger partial charge >= 0.3 is 17.9 Å². The molecule has 3 fully saturated rings. The molecule has 304 valence electrons. The molecule has 0 N–H and O–H groups in total. The number of carbonyl (C=O) groups excluding carboxylic acids is 3. The third-order valence-corrected chi connectivity index (χ3v) is 14.4. The van der Waals surface area contributed by atoms with E-state index in [4.69, 9.17) is 14.2 Å². The molecule has 0 radical (unpaired) electrons. The molecule has 53 heavy (non-hydrogen) atoms. The van der Waals surface area contributed by atoms with Crippen molar-refractivity contribution in [2.45, 2.75) is 189 Å². The first kappa shape index (κ1) is 44.6.